The lowest BCUT2D eigenvalue weighted by Gasteiger charge is -2.06. The van der Waals surface area contributed by atoms with Crippen LogP contribution in [0.2, 0.25) is 0 Å². The summed E-state index contributed by atoms with van der Waals surface area (Å²) in [6, 6.07) is 1.69. The number of hydrogen-bond donors (Lipinski definition) is 2. The first-order valence-corrected chi connectivity index (χ1v) is 7.06. The number of nitrogens with two attached hydrogens (primary N) is 1. The molecule has 0 amide bonds. The van der Waals surface area contributed by atoms with Crippen LogP contribution in [0.4, 0.5) is 5.82 Å². The van der Waals surface area contributed by atoms with Crippen LogP contribution in [0, 0.1) is 13.8 Å². The minimum Gasteiger partial charge on any atom is -0.481 e. The molecule has 3 rings (SSSR count). The molecule has 0 aromatic carbocycles. The Balaban J connectivity index is 2.24. The fourth-order valence-electron chi connectivity index (χ4n) is 2.04. The summed E-state index contributed by atoms with van der Waals surface area (Å²) in [7, 11) is 1.55. The highest BCUT2D eigenvalue weighted by molar-refractivity contribution is 7.18. The topological polar surface area (TPSA) is 98.8 Å². The Morgan fingerprint density at radius 2 is 2.05 bits per heavy atom. The van der Waals surface area contributed by atoms with Crippen LogP contribution in [-0.2, 0) is 0 Å². The molecule has 7 nitrogen and oxygen atoms in total. The van der Waals surface area contributed by atoms with Crippen molar-refractivity contribution in [1.29, 1.82) is 0 Å². The Kier molecular flexibility index (Phi) is 3.40. The number of anilines is 1. The first kappa shape index (κ1) is 13.7. The summed E-state index contributed by atoms with van der Waals surface area (Å²) in [5.41, 5.74) is 4.36. The Hall–Kier alpha value is -2.32. The fraction of sp³-hybridized carbons (Fsp3) is 0.231. The van der Waals surface area contributed by atoms with Crippen molar-refractivity contribution >= 4 is 27.4 Å². The Morgan fingerprint density at radius 3 is 2.76 bits per heavy atom. The van der Waals surface area contributed by atoms with Crippen LogP contribution >= 0.6 is 11.3 Å². The third-order valence-electron chi connectivity index (χ3n) is 3.25. The number of hydrazine groups is 1. The molecule has 0 saturated heterocycles. The van der Waals surface area contributed by atoms with E-state index in [0.717, 1.165) is 15.8 Å². The van der Waals surface area contributed by atoms with Gasteiger partial charge in [-0.1, -0.05) is 0 Å². The van der Waals surface area contributed by atoms with E-state index < -0.39 is 0 Å². The van der Waals surface area contributed by atoms with E-state index in [0.29, 0.717) is 23.2 Å². The minimum absolute atomic E-state index is 0.462. The fourth-order valence-corrected chi connectivity index (χ4v) is 3.07. The van der Waals surface area contributed by atoms with Crippen LogP contribution in [-0.4, -0.2) is 27.0 Å². The van der Waals surface area contributed by atoms with Crippen LogP contribution in [0.1, 0.15) is 10.4 Å². The number of nitrogen functional groups attached to an aromatic ring is 1. The number of aryl methyl sites for hydroxylation is 2. The lowest BCUT2D eigenvalue weighted by Crippen LogP contribution is -2.10. The van der Waals surface area contributed by atoms with Crippen molar-refractivity contribution in [3.63, 3.8) is 0 Å². The molecule has 0 aliphatic heterocycles. The summed E-state index contributed by atoms with van der Waals surface area (Å²) in [6.45, 7) is 4.08. The maximum atomic E-state index is 5.60. The second-order valence-corrected chi connectivity index (χ2v) is 5.65. The Bertz CT molecular complexity index is 816. The molecule has 3 aromatic rings. The second kappa shape index (κ2) is 5.23. The van der Waals surface area contributed by atoms with Crippen LogP contribution in [0.3, 0.4) is 0 Å². The van der Waals surface area contributed by atoms with Gasteiger partial charge in [-0.3, -0.25) is 0 Å². The van der Waals surface area contributed by atoms with Gasteiger partial charge in [-0.25, -0.2) is 25.8 Å². The van der Waals surface area contributed by atoms with Gasteiger partial charge in [-0.2, -0.15) is 0 Å². The quantitative estimate of drug-likeness (QED) is 0.564. The van der Waals surface area contributed by atoms with E-state index >= 15 is 0 Å². The van der Waals surface area contributed by atoms with E-state index in [4.69, 9.17) is 10.6 Å². The molecule has 3 aromatic heterocycles. The van der Waals surface area contributed by atoms with Gasteiger partial charge in [0.1, 0.15) is 16.9 Å². The largest absolute Gasteiger partial charge is 0.481 e. The van der Waals surface area contributed by atoms with Gasteiger partial charge in [0, 0.05) is 10.9 Å². The Labute approximate surface area is 125 Å². The molecule has 3 heterocycles. The summed E-state index contributed by atoms with van der Waals surface area (Å²) in [5.74, 6) is 7.14. The summed E-state index contributed by atoms with van der Waals surface area (Å²) < 4.78 is 5.10. The van der Waals surface area contributed by atoms with Gasteiger partial charge in [-0.15, -0.1) is 11.3 Å². The van der Waals surface area contributed by atoms with E-state index in [1.165, 1.54) is 11.2 Å². The monoisotopic (exact) mass is 302 g/mol. The van der Waals surface area contributed by atoms with Crippen LogP contribution in [0.15, 0.2) is 12.4 Å². The molecule has 0 saturated carbocycles. The second-order valence-electron chi connectivity index (χ2n) is 4.45. The highest BCUT2D eigenvalue weighted by Gasteiger charge is 2.15. The third-order valence-corrected chi connectivity index (χ3v) is 4.35. The number of nitrogens with one attached hydrogen (secondary N) is 1. The number of ether oxygens (including phenoxy) is 1. The summed E-state index contributed by atoms with van der Waals surface area (Å²) in [6.07, 6.45) is 1.42. The number of thiophene rings is 1. The summed E-state index contributed by atoms with van der Waals surface area (Å²) in [5, 5.41) is 0.949. The number of aromatic nitrogens is 4. The SMILES string of the molecule is COc1cc(-c2nc(NN)c3c(C)c(C)sc3n2)ncn1. The standard InChI is InChI=1S/C13H14N6OS/c1-6-7(2)21-13-10(6)12(19-14)17-11(18-13)8-4-9(20-3)16-5-15-8/h4-5H,14H2,1-3H3,(H,17,18,19). The lowest BCUT2D eigenvalue weighted by atomic mass is 10.2. The van der Waals surface area contributed by atoms with E-state index in [1.54, 1.807) is 24.5 Å². The molecule has 0 radical (unpaired) electrons. The number of fused-ring (bicyclic) bond motifs is 1. The number of nitrogens with zero attached hydrogens (tertiary/aromatic N) is 4. The molecule has 0 aliphatic rings. The maximum Gasteiger partial charge on any atom is 0.216 e. The van der Waals surface area contributed by atoms with Gasteiger partial charge in [0.05, 0.1) is 12.5 Å². The average Bonchev–Trinajstić information content (AvgIpc) is 2.81. The van der Waals surface area contributed by atoms with Crippen molar-refractivity contribution in [3.8, 4) is 17.4 Å². The van der Waals surface area contributed by atoms with Gasteiger partial charge >= 0.3 is 0 Å². The molecule has 0 fully saturated rings. The highest BCUT2D eigenvalue weighted by Crippen LogP contribution is 2.34. The maximum absolute atomic E-state index is 5.60. The zero-order valence-corrected chi connectivity index (χ0v) is 12.7. The van der Waals surface area contributed by atoms with Crippen LogP contribution in [0.5, 0.6) is 5.88 Å². The zero-order chi connectivity index (χ0) is 15.0. The first-order valence-electron chi connectivity index (χ1n) is 6.24. The normalized spacial score (nSPS) is 10.9. The molecule has 108 valence electrons. The summed E-state index contributed by atoms with van der Waals surface area (Å²) in [4.78, 5) is 19.3. The molecule has 8 heteroatoms. The smallest absolute Gasteiger partial charge is 0.216 e. The van der Waals surface area contributed by atoms with Crippen molar-refractivity contribution in [2.45, 2.75) is 13.8 Å². The molecular formula is C13H14N6OS. The lowest BCUT2D eigenvalue weighted by molar-refractivity contribution is 0.397. The predicted molar refractivity (Wildman–Crippen MR) is 82.3 cm³/mol. The van der Waals surface area contributed by atoms with Crippen molar-refractivity contribution in [2.75, 3.05) is 12.5 Å². The van der Waals surface area contributed by atoms with Crippen LogP contribution in [0.25, 0.3) is 21.7 Å². The molecule has 3 N–H and O–H groups in total. The molecule has 0 bridgehead atoms. The number of rotatable bonds is 3. The molecule has 21 heavy (non-hydrogen) atoms. The molecular weight excluding hydrogens is 288 g/mol. The van der Waals surface area contributed by atoms with Gasteiger partial charge in [-0.05, 0) is 19.4 Å². The third kappa shape index (κ3) is 2.28. The van der Waals surface area contributed by atoms with E-state index in [1.807, 2.05) is 6.92 Å². The van der Waals surface area contributed by atoms with E-state index in [9.17, 15) is 0 Å². The Morgan fingerprint density at radius 1 is 1.24 bits per heavy atom. The zero-order valence-electron chi connectivity index (χ0n) is 11.8. The van der Waals surface area contributed by atoms with Gasteiger partial charge < -0.3 is 10.2 Å². The van der Waals surface area contributed by atoms with Crippen molar-refractivity contribution in [2.24, 2.45) is 5.84 Å². The first-order chi connectivity index (χ1) is 10.1. The minimum atomic E-state index is 0.462. The van der Waals surface area contributed by atoms with Gasteiger partial charge in [0.25, 0.3) is 0 Å². The number of hydrogen-bond acceptors (Lipinski definition) is 8. The van der Waals surface area contributed by atoms with Crippen LogP contribution < -0.4 is 16.0 Å². The molecule has 0 atom stereocenters. The van der Waals surface area contributed by atoms with Crippen molar-refractivity contribution in [3.05, 3.63) is 22.8 Å². The van der Waals surface area contributed by atoms with E-state index in [2.05, 4.69) is 32.3 Å². The van der Waals surface area contributed by atoms with Gasteiger partial charge in [0.2, 0.25) is 5.88 Å². The summed E-state index contributed by atoms with van der Waals surface area (Å²) >= 11 is 1.61. The molecule has 0 aliphatic carbocycles. The highest BCUT2D eigenvalue weighted by atomic mass is 32.1. The number of methoxy groups -OCH3 is 1. The predicted octanol–water partition coefficient (Wildman–Crippen LogP) is 2.06. The van der Waals surface area contributed by atoms with Crippen molar-refractivity contribution < 1.29 is 4.74 Å². The average molecular weight is 302 g/mol. The molecule has 0 spiro atoms. The molecule has 0 unspecified atom stereocenters. The van der Waals surface area contributed by atoms with Gasteiger partial charge in [0.15, 0.2) is 11.6 Å². The van der Waals surface area contributed by atoms with E-state index in [-0.39, 0.29) is 0 Å². The van der Waals surface area contributed by atoms with Crippen molar-refractivity contribution in [1.82, 2.24) is 19.9 Å².